The van der Waals surface area contributed by atoms with Gasteiger partial charge in [-0.2, -0.15) is 0 Å². The maximum absolute atomic E-state index is 13.0. The predicted octanol–water partition coefficient (Wildman–Crippen LogP) is 3.46. The van der Waals surface area contributed by atoms with E-state index in [1.807, 2.05) is 29.2 Å². The molecule has 1 aromatic rings. The van der Waals surface area contributed by atoms with Crippen molar-refractivity contribution in [1.29, 1.82) is 0 Å². The van der Waals surface area contributed by atoms with E-state index in [4.69, 9.17) is 11.6 Å². The van der Waals surface area contributed by atoms with Crippen molar-refractivity contribution < 1.29 is 9.59 Å². The van der Waals surface area contributed by atoms with Crippen molar-refractivity contribution in [2.75, 3.05) is 31.1 Å². The van der Waals surface area contributed by atoms with Crippen molar-refractivity contribution >= 4 is 29.1 Å². The van der Waals surface area contributed by atoms with E-state index in [0.717, 1.165) is 44.5 Å². The molecule has 0 aromatic heterocycles. The van der Waals surface area contributed by atoms with Crippen LogP contribution in [0, 0.1) is 5.41 Å². The highest BCUT2D eigenvalue weighted by Gasteiger charge is 2.40. The summed E-state index contributed by atoms with van der Waals surface area (Å²) in [5.41, 5.74) is 0.0410. The Hall–Kier alpha value is -1.75. The van der Waals surface area contributed by atoms with E-state index in [1.165, 1.54) is 6.42 Å². The molecule has 2 aliphatic rings. The lowest BCUT2D eigenvalue weighted by molar-refractivity contribution is -0.149. The predicted molar refractivity (Wildman–Crippen MR) is 109 cm³/mol. The number of nitrogens with one attached hydrogen (secondary N) is 1. The fraction of sp³-hybridized carbons (Fsp3) is 0.619. The third kappa shape index (κ3) is 4.75. The molecule has 1 saturated carbocycles. The molecule has 1 heterocycles. The summed E-state index contributed by atoms with van der Waals surface area (Å²) >= 11 is 6.08. The van der Waals surface area contributed by atoms with Crippen LogP contribution in [0.25, 0.3) is 0 Å². The van der Waals surface area contributed by atoms with Crippen LogP contribution in [0.2, 0.25) is 5.02 Å². The minimum Gasteiger partial charge on any atom is -0.368 e. The topological polar surface area (TPSA) is 52.7 Å². The number of hydrogen-bond acceptors (Lipinski definition) is 3. The Morgan fingerprint density at radius 1 is 1.07 bits per heavy atom. The van der Waals surface area contributed by atoms with Crippen molar-refractivity contribution in [2.45, 2.75) is 52.0 Å². The third-order valence-electron chi connectivity index (χ3n) is 5.78. The summed E-state index contributed by atoms with van der Waals surface area (Å²) < 4.78 is 0. The van der Waals surface area contributed by atoms with Crippen LogP contribution in [-0.4, -0.2) is 48.9 Å². The molecule has 1 N–H and O–H groups in total. The van der Waals surface area contributed by atoms with Crippen LogP contribution in [0.1, 0.15) is 46.0 Å². The van der Waals surface area contributed by atoms with Gasteiger partial charge >= 0.3 is 0 Å². The van der Waals surface area contributed by atoms with Gasteiger partial charge in [0.15, 0.2) is 0 Å². The van der Waals surface area contributed by atoms with Crippen LogP contribution in [0.15, 0.2) is 24.3 Å². The fourth-order valence-corrected chi connectivity index (χ4v) is 4.13. The molecular formula is C21H30ClN3O2. The second-order valence-corrected chi connectivity index (χ2v) is 8.63. The number of amides is 2. The third-order valence-corrected chi connectivity index (χ3v) is 6.02. The molecule has 27 heavy (non-hydrogen) atoms. The molecule has 2 amide bonds. The van der Waals surface area contributed by atoms with Gasteiger partial charge in [0, 0.05) is 42.9 Å². The first kappa shape index (κ1) is 20.0. The van der Waals surface area contributed by atoms with E-state index in [-0.39, 0.29) is 17.9 Å². The second kappa shape index (κ2) is 8.51. The number of hydrogen-bond donors (Lipinski definition) is 1. The summed E-state index contributed by atoms with van der Waals surface area (Å²) in [5.74, 6) is -0.224. The number of halogens is 1. The van der Waals surface area contributed by atoms with E-state index < -0.39 is 5.41 Å². The van der Waals surface area contributed by atoms with Gasteiger partial charge in [0.05, 0.1) is 0 Å². The largest absolute Gasteiger partial charge is 0.368 e. The maximum Gasteiger partial charge on any atom is 0.237 e. The number of benzene rings is 1. The first-order valence-electron chi connectivity index (χ1n) is 9.99. The molecular weight excluding hydrogens is 362 g/mol. The molecule has 1 aliphatic heterocycles. The van der Waals surface area contributed by atoms with Gasteiger partial charge in [-0.15, -0.1) is 0 Å². The van der Waals surface area contributed by atoms with Crippen LogP contribution in [-0.2, 0) is 9.59 Å². The maximum atomic E-state index is 13.0. The highest BCUT2D eigenvalue weighted by Crippen LogP contribution is 2.25. The minimum absolute atomic E-state index is 0.0819. The van der Waals surface area contributed by atoms with Gasteiger partial charge in [-0.1, -0.05) is 36.9 Å². The summed E-state index contributed by atoms with van der Waals surface area (Å²) in [5, 5.41) is 3.82. The first-order chi connectivity index (χ1) is 12.9. The molecule has 6 heteroatoms. The van der Waals surface area contributed by atoms with Gasteiger partial charge in [0.25, 0.3) is 0 Å². The summed E-state index contributed by atoms with van der Waals surface area (Å²) in [6.45, 7) is 6.21. The number of carbonyl (C=O) groups excluding carboxylic acids is 2. The molecule has 0 radical (unpaired) electrons. The highest BCUT2D eigenvalue weighted by atomic mass is 35.5. The summed E-state index contributed by atoms with van der Waals surface area (Å²) in [7, 11) is 0. The van der Waals surface area contributed by atoms with Crippen molar-refractivity contribution in [3.05, 3.63) is 29.3 Å². The summed E-state index contributed by atoms with van der Waals surface area (Å²) in [6, 6.07) is 8.00. The fourth-order valence-electron chi connectivity index (χ4n) is 3.95. The Morgan fingerprint density at radius 3 is 2.37 bits per heavy atom. The molecule has 0 bridgehead atoms. The number of nitrogens with zero attached hydrogens (tertiary/aromatic N) is 2. The molecule has 1 aliphatic carbocycles. The van der Waals surface area contributed by atoms with Gasteiger partial charge in [0.2, 0.25) is 11.8 Å². The van der Waals surface area contributed by atoms with Crippen LogP contribution in [0.3, 0.4) is 0 Å². The molecule has 1 saturated heterocycles. The molecule has 0 atom stereocenters. The van der Waals surface area contributed by atoms with E-state index in [9.17, 15) is 9.59 Å². The lowest BCUT2D eigenvalue weighted by Gasteiger charge is -2.39. The van der Waals surface area contributed by atoms with Crippen molar-refractivity contribution in [3.63, 3.8) is 0 Å². The zero-order valence-electron chi connectivity index (χ0n) is 16.3. The Labute approximate surface area is 167 Å². The molecule has 5 nitrogen and oxygen atoms in total. The van der Waals surface area contributed by atoms with Crippen LogP contribution in [0.5, 0.6) is 0 Å². The minimum atomic E-state index is -1.03. The lowest BCUT2D eigenvalue weighted by atomic mass is 9.88. The highest BCUT2D eigenvalue weighted by molar-refractivity contribution is 6.30. The van der Waals surface area contributed by atoms with E-state index in [2.05, 4.69) is 10.2 Å². The van der Waals surface area contributed by atoms with E-state index in [0.29, 0.717) is 18.1 Å². The lowest BCUT2D eigenvalue weighted by Crippen LogP contribution is -2.56. The average Bonchev–Trinajstić information content (AvgIpc) is 2.68. The van der Waals surface area contributed by atoms with Crippen molar-refractivity contribution in [2.24, 2.45) is 5.41 Å². The van der Waals surface area contributed by atoms with Gasteiger partial charge < -0.3 is 15.1 Å². The van der Waals surface area contributed by atoms with Gasteiger partial charge in [-0.25, -0.2) is 0 Å². The zero-order chi connectivity index (χ0) is 19.4. The molecule has 3 rings (SSSR count). The SMILES string of the molecule is CC(C)(C(=O)NC1CCCCC1)C(=O)N1CCN(c2cccc(Cl)c2)CC1. The quantitative estimate of drug-likeness (QED) is 0.799. The monoisotopic (exact) mass is 391 g/mol. The van der Waals surface area contributed by atoms with Crippen LogP contribution >= 0.6 is 11.6 Å². The smallest absolute Gasteiger partial charge is 0.237 e. The normalized spacial score (nSPS) is 19.1. The second-order valence-electron chi connectivity index (χ2n) is 8.19. The standard InChI is InChI=1S/C21H30ClN3O2/c1-21(2,19(26)23-17-8-4-3-5-9-17)20(27)25-13-11-24(12-14-25)18-10-6-7-16(22)15-18/h6-7,10,15,17H,3-5,8-9,11-14H2,1-2H3,(H,23,26). The zero-order valence-corrected chi connectivity index (χ0v) is 17.1. The number of piperazine rings is 1. The number of carbonyl (C=O) groups is 2. The molecule has 0 unspecified atom stereocenters. The Morgan fingerprint density at radius 2 is 1.74 bits per heavy atom. The van der Waals surface area contributed by atoms with Crippen LogP contribution < -0.4 is 10.2 Å². The number of rotatable bonds is 4. The Balaban J connectivity index is 1.56. The van der Waals surface area contributed by atoms with Gasteiger partial charge in [0.1, 0.15) is 5.41 Å². The molecule has 0 spiro atoms. The average molecular weight is 392 g/mol. The Kier molecular flexibility index (Phi) is 6.30. The van der Waals surface area contributed by atoms with Gasteiger partial charge in [-0.05, 0) is 44.9 Å². The van der Waals surface area contributed by atoms with Gasteiger partial charge in [-0.3, -0.25) is 9.59 Å². The van der Waals surface area contributed by atoms with E-state index in [1.54, 1.807) is 13.8 Å². The molecule has 1 aromatic carbocycles. The van der Waals surface area contributed by atoms with Crippen molar-refractivity contribution in [1.82, 2.24) is 10.2 Å². The summed E-state index contributed by atoms with van der Waals surface area (Å²) in [4.78, 5) is 29.8. The first-order valence-corrected chi connectivity index (χ1v) is 10.4. The van der Waals surface area contributed by atoms with Crippen molar-refractivity contribution in [3.8, 4) is 0 Å². The van der Waals surface area contributed by atoms with Crippen LogP contribution in [0.4, 0.5) is 5.69 Å². The molecule has 148 valence electrons. The Bertz CT molecular complexity index is 678. The van der Waals surface area contributed by atoms with E-state index >= 15 is 0 Å². The summed E-state index contributed by atoms with van der Waals surface area (Å²) in [6.07, 6.45) is 5.60. The molecule has 2 fully saturated rings. The number of anilines is 1.